The van der Waals surface area contributed by atoms with Crippen LogP contribution in [0.4, 0.5) is 0 Å². The van der Waals surface area contributed by atoms with Gasteiger partial charge in [-0.25, -0.2) is 9.36 Å². The van der Waals surface area contributed by atoms with Crippen LogP contribution in [-0.4, -0.2) is 36.3 Å². The second-order valence-electron chi connectivity index (χ2n) is 7.50. The summed E-state index contributed by atoms with van der Waals surface area (Å²) in [5.74, 6) is 6.65. The Hall–Kier alpha value is -3.59. The monoisotopic (exact) mass is 447 g/mol. The Morgan fingerprint density at radius 1 is 1.06 bits per heavy atom. The lowest BCUT2D eigenvalue weighted by atomic mass is 9.99. The predicted octanol–water partition coefficient (Wildman–Crippen LogP) is 2.99. The van der Waals surface area contributed by atoms with Crippen LogP contribution < -0.4 is 11.2 Å². The van der Waals surface area contributed by atoms with Crippen LogP contribution >= 0.6 is 11.8 Å². The third-order valence-electron chi connectivity index (χ3n) is 5.00. The zero-order valence-corrected chi connectivity index (χ0v) is 18.8. The summed E-state index contributed by atoms with van der Waals surface area (Å²) in [6, 6.07) is 21.9. The number of nitrogens with one attached hydrogen (secondary N) is 1. The van der Waals surface area contributed by atoms with Gasteiger partial charge in [-0.1, -0.05) is 72.4 Å². The lowest BCUT2D eigenvalue weighted by Crippen LogP contribution is -2.31. The van der Waals surface area contributed by atoms with Gasteiger partial charge >= 0.3 is 0 Å². The summed E-state index contributed by atoms with van der Waals surface area (Å²) in [6.45, 7) is 3.82. The summed E-state index contributed by atoms with van der Waals surface area (Å²) < 4.78 is 2.99. The van der Waals surface area contributed by atoms with Crippen LogP contribution in [0.3, 0.4) is 0 Å². The highest BCUT2D eigenvalue weighted by Crippen LogP contribution is 2.21. The number of carbonyl (C=O) groups excluding carboxylic acids is 1. The van der Waals surface area contributed by atoms with E-state index >= 15 is 0 Å². The Kier molecular flexibility index (Phi) is 6.55. The molecule has 0 bridgehead atoms. The molecule has 9 heteroatoms. The van der Waals surface area contributed by atoms with Gasteiger partial charge in [0.1, 0.15) is 0 Å². The highest BCUT2D eigenvalue weighted by molar-refractivity contribution is 7.99. The van der Waals surface area contributed by atoms with Gasteiger partial charge in [0, 0.05) is 5.69 Å². The van der Waals surface area contributed by atoms with Crippen molar-refractivity contribution in [2.45, 2.75) is 31.5 Å². The van der Waals surface area contributed by atoms with Crippen LogP contribution in [-0.2, 0) is 11.2 Å². The number of nitrogens with two attached hydrogens (primary N) is 1. The summed E-state index contributed by atoms with van der Waals surface area (Å²) >= 11 is 1.24. The first-order valence-corrected chi connectivity index (χ1v) is 11.2. The van der Waals surface area contributed by atoms with Gasteiger partial charge < -0.3 is 11.2 Å². The molecule has 8 nitrogen and oxygen atoms in total. The number of nitrogen functional groups attached to an aromatic ring is 1. The summed E-state index contributed by atoms with van der Waals surface area (Å²) in [5, 5.41) is 16.2. The normalized spacial score (nSPS) is 11.9. The number of carbonyl (C=O) groups is 1. The van der Waals surface area contributed by atoms with E-state index < -0.39 is 0 Å². The van der Waals surface area contributed by atoms with Crippen molar-refractivity contribution in [1.29, 1.82) is 0 Å². The van der Waals surface area contributed by atoms with Gasteiger partial charge in [-0.3, -0.25) is 4.79 Å². The number of thioether (sulfide) groups is 1. The number of aryl methyl sites for hydroxylation is 2. The highest BCUT2D eigenvalue weighted by atomic mass is 32.2. The number of hydrogen-bond acceptors (Lipinski definition) is 6. The van der Waals surface area contributed by atoms with E-state index in [1.54, 1.807) is 4.68 Å². The summed E-state index contributed by atoms with van der Waals surface area (Å²) in [5.41, 5.74) is 3.99. The fraction of sp³-hybridized carbons (Fsp3) is 0.217. The quantitative estimate of drug-likeness (QED) is 0.318. The molecule has 4 aromatic rings. The first-order valence-electron chi connectivity index (χ1n) is 10.3. The summed E-state index contributed by atoms with van der Waals surface area (Å²) in [7, 11) is 0. The summed E-state index contributed by atoms with van der Waals surface area (Å²) in [4.78, 5) is 12.8. The molecule has 0 saturated heterocycles. The molecule has 4 rings (SSSR count). The summed E-state index contributed by atoms with van der Waals surface area (Å²) in [6.07, 6.45) is 0.705. The van der Waals surface area contributed by atoms with Crippen molar-refractivity contribution in [3.8, 4) is 5.95 Å². The van der Waals surface area contributed by atoms with Crippen LogP contribution in [0.15, 0.2) is 71.9 Å². The molecule has 0 fully saturated rings. The molecule has 0 aliphatic heterocycles. The van der Waals surface area contributed by atoms with Gasteiger partial charge in [-0.2, -0.15) is 5.10 Å². The molecule has 1 unspecified atom stereocenters. The van der Waals surface area contributed by atoms with Crippen LogP contribution in [0.5, 0.6) is 0 Å². The highest BCUT2D eigenvalue weighted by Gasteiger charge is 2.18. The average molecular weight is 448 g/mol. The van der Waals surface area contributed by atoms with E-state index in [4.69, 9.17) is 5.84 Å². The third-order valence-corrected chi connectivity index (χ3v) is 5.94. The van der Waals surface area contributed by atoms with E-state index in [1.807, 2.05) is 68.4 Å². The van der Waals surface area contributed by atoms with Gasteiger partial charge in [-0.05, 0) is 37.5 Å². The minimum atomic E-state index is -0.132. The molecule has 3 N–H and O–H groups in total. The molecule has 2 heterocycles. The maximum atomic E-state index is 12.8. The topological polar surface area (TPSA) is 104 Å². The molecule has 0 radical (unpaired) electrons. The molecule has 1 amide bonds. The lowest BCUT2D eigenvalue weighted by Gasteiger charge is -2.19. The molecule has 0 aliphatic rings. The second kappa shape index (κ2) is 9.69. The van der Waals surface area contributed by atoms with Crippen molar-refractivity contribution in [3.05, 3.63) is 89.2 Å². The maximum Gasteiger partial charge on any atom is 0.271 e. The fourth-order valence-electron chi connectivity index (χ4n) is 3.50. The number of aromatic nitrogens is 5. The van der Waals surface area contributed by atoms with Crippen LogP contribution in [0, 0.1) is 13.8 Å². The zero-order valence-electron chi connectivity index (χ0n) is 18.0. The van der Waals surface area contributed by atoms with Crippen molar-refractivity contribution in [2.24, 2.45) is 0 Å². The minimum Gasteiger partial charge on any atom is -0.348 e. The zero-order chi connectivity index (χ0) is 22.5. The Morgan fingerprint density at radius 2 is 1.75 bits per heavy atom. The van der Waals surface area contributed by atoms with Gasteiger partial charge in [0.2, 0.25) is 11.1 Å². The van der Waals surface area contributed by atoms with E-state index in [9.17, 15) is 4.79 Å². The van der Waals surface area contributed by atoms with Gasteiger partial charge in [0.25, 0.3) is 5.95 Å². The Bertz CT molecular complexity index is 1190. The van der Waals surface area contributed by atoms with Gasteiger partial charge in [0.15, 0.2) is 0 Å². The van der Waals surface area contributed by atoms with E-state index in [2.05, 4.69) is 32.7 Å². The van der Waals surface area contributed by atoms with Crippen LogP contribution in [0.2, 0.25) is 0 Å². The van der Waals surface area contributed by atoms with Crippen molar-refractivity contribution in [2.75, 3.05) is 11.6 Å². The standard InChI is InChI=1S/C23H25N7OS/c1-16-13-17(2)30(28-16)22-26-27-23(29(22)24)32-15-21(31)25-20(19-11-7-4-8-12-19)14-18-9-5-3-6-10-18/h3-13,20H,14-15,24H2,1-2H3,(H,25,31). The average Bonchev–Trinajstić information content (AvgIpc) is 3.33. The SMILES string of the molecule is Cc1cc(C)n(-c2nnc(SCC(=O)NC(Cc3ccccc3)c3ccccc3)n2N)n1. The largest absolute Gasteiger partial charge is 0.348 e. The predicted molar refractivity (Wildman–Crippen MR) is 125 cm³/mol. The van der Waals surface area contributed by atoms with E-state index in [1.165, 1.54) is 16.4 Å². The molecule has 0 spiro atoms. The van der Waals surface area contributed by atoms with Crippen molar-refractivity contribution >= 4 is 17.7 Å². The number of amides is 1. The molecule has 2 aromatic carbocycles. The number of hydrogen-bond donors (Lipinski definition) is 2. The first kappa shape index (κ1) is 21.6. The Balaban J connectivity index is 1.43. The number of nitrogens with zero attached hydrogens (tertiary/aromatic N) is 5. The first-order chi connectivity index (χ1) is 15.5. The van der Waals surface area contributed by atoms with Gasteiger partial charge in [0.05, 0.1) is 17.5 Å². The molecule has 164 valence electrons. The van der Waals surface area contributed by atoms with E-state index in [0.29, 0.717) is 17.5 Å². The Labute approximate surface area is 190 Å². The number of benzene rings is 2. The third kappa shape index (κ3) is 5.00. The molecular formula is C23H25N7OS. The molecule has 1 atom stereocenters. The van der Waals surface area contributed by atoms with Crippen molar-refractivity contribution in [3.63, 3.8) is 0 Å². The molecule has 0 saturated carbocycles. The molecule has 2 aromatic heterocycles. The van der Waals surface area contributed by atoms with Crippen molar-refractivity contribution < 1.29 is 4.79 Å². The smallest absolute Gasteiger partial charge is 0.271 e. The Morgan fingerprint density at radius 3 is 2.41 bits per heavy atom. The molecule has 32 heavy (non-hydrogen) atoms. The van der Waals surface area contributed by atoms with Gasteiger partial charge in [-0.15, -0.1) is 10.2 Å². The minimum absolute atomic E-state index is 0.101. The molecule has 0 aliphatic carbocycles. The maximum absolute atomic E-state index is 12.8. The second-order valence-corrected chi connectivity index (χ2v) is 8.44. The van der Waals surface area contributed by atoms with E-state index in [-0.39, 0.29) is 17.7 Å². The van der Waals surface area contributed by atoms with Crippen LogP contribution in [0.1, 0.15) is 28.6 Å². The van der Waals surface area contributed by atoms with Crippen molar-refractivity contribution in [1.82, 2.24) is 30.0 Å². The van der Waals surface area contributed by atoms with Crippen LogP contribution in [0.25, 0.3) is 5.95 Å². The lowest BCUT2D eigenvalue weighted by molar-refractivity contribution is -0.119. The van der Waals surface area contributed by atoms with E-state index in [0.717, 1.165) is 22.5 Å². The fourth-order valence-corrected chi connectivity index (χ4v) is 4.16. The molecular weight excluding hydrogens is 422 g/mol. The number of rotatable bonds is 8.